The highest BCUT2D eigenvalue weighted by molar-refractivity contribution is 9.10. The minimum Gasteiger partial charge on any atom is -0.386 e. The molecule has 0 radical (unpaired) electrons. The van der Waals surface area contributed by atoms with Crippen molar-refractivity contribution in [3.8, 4) is 0 Å². The smallest absolute Gasteiger partial charge is 0.109 e. The first-order valence-corrected chi connectivity index (χ1v) is 7.48. The first-order valence-electron chi connectivity index (χ1n) is 5.64. The van der Waals surface area contributed by atoms with Gasteiger partial charge < -0.3 is 5.11 Å². The third-order valence-electron chi connectivity index (χ3n) is 2.87. The summed E-state index contributed by atoms with van der Waals surface area (Å²) in [5, 5.41) is 15.0. The molecule has 3 nitrogen and oxygen atoms in total. The fraction of sp³-hybridized carbons (Fsp3) is 0.727. The van der Waals surface area contributed by atoms with E-state index in [-0.39, 0.29) is 6.04 Å². The van der Waals surface area contributed by atoms with Crippen molar-refractivity contribution >= 4 is 27.7 Å². The molecule has 1 aliphatic rings. The number of nitrogens with zero attached hydrogens (tertiary/aromatic N) is 2. The van der Waals surface area contributed by atoms with E-state index in [0.29, 0.717) is 5.25 Å². The third-order valence-corrected chi connectivity index (χ3v) is 4.93. The number of aliphatic hydroxyl groups is 1. The van der Waals surface area contributed by atoms with Crippen molar-refractivity contribution in [2.75, 3.05) is 5.75 Å². The highest BCUT2D eigenvalue weighted by Gasteiger charge is 2.29. The molecule has 0 aliphatic carbocycles. The van der Waals surface area contributed by atoms with Gasteiger partial charge in [-0.25, -0.2) is 0 Å². The summed E-state index contributed by atoms with van der Waals surface area (Å²) < 4.78 is 2.83. The van der Waals surface area contributed by atoms with E-state index in [2.05, 4.69) is 34.9 Å². The van der Waals surface area contributed by atoms with Gasteiger partial charge >= 0.3 is 0 Å². The van der Waals surface area contributed by atoms with Crippen LogP contribution in [0.3, 0.4) is 0 Å². The number of hydrogen-bond acceptors (Lipinski definition) is 3. The summed E-state index contributed by atoms with van der Waals surface area (Å²) in [5.74, 6) is 1.16. The Kier molecular flexibility index (Phi) is 3.97. The molecule has 2 unspecified atom stereocenters. The van der Waals surface area contributed by atoms with Gasteiger partial charge in [-0.05, 0) is 48.4 Å². The number of halogens is 1. The van der Waals surface area contributed by atoms with Crippen LogP contribution in [0, 0.1) is 0 Å². The van der Waals surface area contributed by atoms with Crippen molar-refractivity contribution in [1.29, 1.82) is 0 Å². The minimum absolute atomic E-state index is 0.280. The summed E-state index contributed by atoms with van der Waals surface area (Å²) in [4.78, 5) is 0. The van der Waals surface area contributed by atoms with E-state index in [1.807, 2.05) is 16.4 Å². The zero-order valence-corrected chi connectivity index (χ0v) is 12.0. The Morgan fingerprint density at radius 3 is 2.94 bits per heavy atom. The SMILES string of the molecule is CC(C)n1ncc(Br)c1C(O)C1CCCS1. The van der Waals surface area contributed by atoms with Gasteiger partial charge in [-0.1, -0.05) is 0 Å². The van der Waals surface area contributed by atoms with Crippen molar-refractivity contribution in [3.63, 3.8) is 0 Å². The quantitative estimate of drug-likeness (QED) is 0.932. The predicted molar refractivity (Wildman–Crippen MR) is 70.8 cm³/mol. The molecule has 0 bridgehead atoms. The molecule has 0 aromatic carbocycles. The van der Waals surface area contributed by atoms with Crippen LogP contribution in [0.2, 0.25) is 0 Å². The van der Waals surface area contributed by atoms with E-state index < -0.39 is 6.10 Å². The summed E-state index contributed by atoms with van der Waals surface area (Å²) in [6, 6.07) is 0.280. The monoisotopic (exact) mass is 304 g/mol. The number of hydrogen-bond donors (Lipinski definition) is 1. The van der Waals surface area contributed by atoms with Gasteiger partial charge in [0, 0.05) is 11.3 Å². The molecule has 0 amide bonds. The zero-order valence-electron chi connectivity index (χ0n) is 9.56. The number of thioether (sulfide) groups is 1. The number of rotatable bonds is 3. The van der Waals surface area contributed by atoms with E-state index in [9.17, 15) is 5.11 Å². The number of aliphatic hydroxyl groups excluding tert-OH is 1. The lowest BCUT2D eigenvalue weighted by molar-refractivity contribution is 0.159. The lowest BCUT2D eigenvalue weighted by Gasteiger charge is -2.20. The average Bonchev–Trinajstić information content (AvgIpc) is 2.84. The Balaban J connectivity index is 2.27. The van der Waals surface area contributed by atoms with Crippen LogP contribution >= 0.6 is 27.7 Å². The molecule has 2 rings (SSSR count). The van der Waals surface area contributed by atoms with Gasteiger partial charge in [0.2, 0.25) is 0 Å². The normalized spacial score (nSPS) is 22.9. The summed E-state index contributed by atoms with van der Waals surface area (Å²) >= 11 is 5.35. The zero-order chi connectivity index (χ0) is 11.7. The molecule has 90 valence electrons. The van der Waals surface area contributed by atoms with Crippen LogP contribution in [0.4, 0.5) is 0 Å². The highest BCUT2D eigenvalue weighted by Crippen LogP contribution is 2.38. The Hall–Kier alpha value is -0.0000000000000000555. The molecular weight excluding hydrogens is 288 g/mol. The summed E-state index contributed by atoms with van der Waals surface area (Å²) in [5.41, 5.74) is 0.925. The predicted octanol–water partition coefficient (Wildman–Crippen LogP) is 3.16. The van der Waals surface area contributed by atoms with Crippen LogP contribution in [0.1, 0.15) is 44.5 Å². The van der Waals surface area contributed by atoms with Crippen molar-refractivity contribution in [2.24, 2.45) is 0 Å². The van der Waals surface area contributed by atoms with Gasteiger partial charge in [-0.3, -0.25) is 4.68 Å². The summed E-state index contributed by atoms with van der Waals surface area (Å²) in [6.07, 6.45) is 3.67. The Morgan fingerprint density at radius 1 is 1.62 bits per heavy atom. The van der Waals surface area contributed by atoms with E-state index in [1.165, 1.54) is 6.42 Å². The molecule has 5 heteroatoms. The first-order chi connectivity index (χ1) is 7.61. The van der Waals surface area contributed by atoms with E-state index in [4.69, 9.17) is 0 Å². The maximum Gasteiger partial charge on any atom is 0.109 e. The summed E-state index contributed by atoms with van der Waals surface area (Å²) in [7, 11) is 0. The first kappa shape index (κ1) is 12.5. The number of aromatic nitrogens is 2. The van der Waals surface area contributed by atoms with E-state index >= 15 is 0 Å². The largest absolute Gasteiger partial charge is 0.386 e. The molecule has 1 aromatic rings. The van der Waals surface area contributed by atoms with Crippen LogP contribution in [-0.4, -0.2) is 25.9 Å². The Labute approximate surface area is 109 Å². The van der Waals surface area contributed by atoms with Crippen molar-refractivity contribution in [3.05, 3.63) is 16.4 Å². The average molecular weight is 305 g/mol. The van der Waals surface area contributed by atoms with Gasteiger partial charge in [0.05, 0.1) is 16.4 Å². The highest BCUT2D eigenvalue weighted by atomic mass is 79.9. The molecule has 1 aromatic heterocycles. The molecule has 0 saturated carbocycles. The molecular formula is C11H17BrN2OS. The molecule has 1 N–H and O–H groups in total. The van der Waals surface area contributed by atoms with Gasteiger partial charge in [-0.2, -0.15) is 16.9 Å². The van der Waals surface area contributed by atoms with Gasteiger partial charge in [0.25, 0.3) is 0 Å². The third kappa shape index (κ3) is 2.31. The molecule has 2 atom stereocenters. The maximum absolute atomic E-state index is 10.4. The maximum atomic E-state index is 10.4. The van der Waals surface area contributed by atoms with Gasteiger partial charge in [-0.15, -0.1) is 0 Å². The van der Waals surface area contributed by atoms with Crippen molar-refractivity contribution < 1.29 is 5.11 Å². The second-order valence-corrected chi connectivity index (χ2v) is 6.61. The second kappa shape index (κ2) is 5.10. The topological polar surface area (TPSA) is 38.0 Å². The second-order valence-electron chi connectivity index (χ2n) is 4.41. The molecule has 0 spiro atoms. The van der Waals surface area contributed by atoms with Crippen LogP contribution in [0.25, 0.3) is 0 Å². The standard InChI is InChI=1S/C11H17BrN2OS/c1-7(2)14-10(8(12)6-13-14)11(15)9-4-3-5-16-9/h6-7,9,11,15H,3-5H2,1-2H3. The molecule has 1 saturated heterocycles. The Bertz CT molecular complexity index is 361. The van der Waals surface area contributed by atoms with Crippen LogP contribution < -0.4 is 0 Å². The van der Waals surface area contributed by atoms with Crippen LogP contribution in [0.15, 0.2) is 10.7 Å². The lowest BCUT2D eigenvalue weighted by Crippen LogP contribution is -2.18. The van der Waals surface area contributed by atoms with Crippen LogP contribution in [0.5, 0.6) is 0 Å². The minimum atomic E-state index is -0.410. The van der Waals surface area contributed by atoms with Gasteiger partial charge in [0.1, 0.15) is 6.10 Å². The van der Waals surface area contributed by atoms with E-state index in [0.717, 1.165) is 22.3 Å². The lowest BCUT2D eigenvalue weighted by atomic mass is 10.1. The van der Waals surface area contributed by atoms with Crippen molar-refractivity contribution in [1.82, 2.24) is 9.78 Å². The fourth-order valence-corrected chi connectivity index (χ4v) is 3.86. The Morgan fingerprint density at radius 2 is 2.38 bits per heavy atom. The van der Waals surface area contributed by atoms with E-state index in [1.54, 1.807) is 6.20 Å². The molecule has 1 aliphatic heterocycles. The van der Waals surface area contributed by atoms with Gasteiger partial charge in [0.15, 0.2) is 0 Å². The summed E-state index contributed by atoms with van der Waals surface area (Å²) in [6.45, 7) is 4.16. The fourth-order valence-electron chi connectivity index (χ4n) is 2.07. The molecule has 16 heavy (non-hydrogen) atoms. The molecule has 1 fully saturated rings. The van der Waals surface area contributed by atoms with Crippen molar-refractivity contribution in [2.45, 2.75) is 44.1 Å². The van der Waals surface area contributed by atoms with Crippen LogP contribution in [-0.2, 0) is 0 Å². The molecule has 2 heterocycles.